The van der Waals surface area contributed by atoms with Crippen LogP contribution >= 0.6 is 0 Å². The predicted molar refractivity (Wildman–Crippen MR) is 70.8 cm³/mol. The number of rotatable bonds is 10. The minimum absolute atomic E-state index is 0.0331. The molecule has 0 bridgehead atoms. The molecule has 0 fully saturated rings. The molecule has 0 heterocycles. The summed E-state index contributed by atoms with van der Waals surface area (Å²) in [5, 5.41) is 12.4. The molecule has 5 nitrogen and oxygen atoms in total. The molecule has 0 aliphatic rings. The molecule has 0 aromatic heterocycles. The van der Waals surface area contributed by atoms with Crippen molar-refractivity contribution in [3.8, 4) is 0 Å². The fourth-order valence-electron chi connectivity index (χ4n) is 1.93. The molecular formula is C13H27NO4. The number of methoxy groups -OCH3 is 1. The van der Waals surface area contributed by atoms with Gasteiger partial charge in [-0.1, -0.05) is 6.92 Å². The van der Waals surface area contributed by atoms with E-state index in [1.807, 2.05) is 20.8 Å². The van der Waals surface area contributed by atoms with Crippen LogP contribution in [0, 0.1) is 0 Å². The lowest BCUT2D eigenvalue weighted by molar-refractivity contribution is -0.146. The molecule has 5 heteroatoms. The van der Waals surface area contributed by atoms with Gasteiger partial charge in [0.25, 0.3) is 0 Å². The standard InChI is InChI=1S/C13H27NO4/c1-6-7-14-13(4,12(15)16)8-10(2)18-11(3)9-17-5/h10-11,14H,6-9H2,1-5H3,(H,15,16). The highest BCUT2D eigenvalue weighted by Crippen LogP contribution is 2.16. The van der Waals surface area contributed by atoms with Crippen LogP contribution < -0.4 is 5.32 Å². The average molecular weight is 261 g/mol. The van der Waals surface area contributed by atoms with Crippen molar-refractivity contribution in [2.45, 2.75) is 58.3 Å². The van der Waals surface area contributed by atoms with Gasteiger partial charge in [-0.3, -0.25) is 4.79 Å². The van der Waals surface area contributed by atoms with Crippen LogP contribution in [-0.2, 0) is 14.3 Å². The molecule has 3 unspecified atom stereocenters. The van der Waals surface area contributed by atoms with Gasteiger partial charge in [0.1, 0.15) is 5.54 Å². The van der Waals surface area contributed by atoms with Crippen LogP contribution in [0.15, 0.2) is 0 Å². The summed E-state index contributed by atoms with van der Waals surface area (Å²) in [6.07, 6.45) is 1.16. The molecular weight excluding hydrogens is 234 g/mol. The van der Waals surface area contributed by atoms with Gasteiger partial charge in [-0.25, -0.2) is 0 Å². The van der Waals surface area contributed by atoms with Gasteiger partial charge in [0.2, 0.25) is 0 Å². The number of aliphatic carboxylic acids is 1. The third-order valence-corrected chi connectivity index (χ3v) is 2.80. The third-order valence-electron chi connectivity index (χ3n) is 2.80. The molecule has 0 amide bonds. The van der Waals surface area contributed by atoms with Crippen LogP contribution in [-0.4, -0.2) is 49.1 Å². The fraction of sp³-hybridized carbons (Fsp3) is 0.923. The van der Waals surface area contributed by atoms with E-state index in [4.69, 9.17) is 9.47 Å². The Hall–Kier alpha value is -0.650. The van der Waals surface area contributed by atoms with Crippen LogP contribution in [0.25, 0.3) is 0 Å². The number of hydrogen-bond donors (Lipinski definition) is 2. The average Bonchev–Trinajstić information content (AvgIpc) is 2.26. The highest BCUT2D eigenvalue weighted by atomic mass is 16.5. The number of carboxylic acid groups (broad SMARTS) is 1. The van der Waals surface area contributed by atoms with Crippen LogP contribution in [0.3, 0.4) is 0 Å². The maximum absolute atomic E-state index is 11.3. The van der Waals surface area contributed by atoms with E-state index in [9.17, 15) is 9.90 Å². The molecule has 0 aliphatic carbocycles. The molecule has 18 heavy (non-hydrogen) atoms. The van der Waals surface area contributed by atoms with Crippen molar-refractivity contribution in [1.82, 2.24) is 5.32 Å². The molecule has 0 radical (unpaired) electrons. The van der Waals surface area contributed by atoms with Crippen LogP contribution in [0.4, 0.5) is 0 Å². The Morgan fingerprint density at radius 3 is 2.44 bits per heavy atom. The summed E-state index contributed by atoms with van der Waals surface area (Å²) in [5.41, 5.74) is -0.942. The normalized spacial score (nSPS) is 18.1. The van der Waals surface area contributed by atoms with Crippen LogP contribution in [0.1, 0.15) is 40.5 Å². The Morgan fingerprint density at radius 1 is 1.39 bits per heavy atom. The molecule has 108 valence electrons. The van der Waals surface area contributed by atoms with Crippen molar-refractivity contribution in [3.05, 3.63) is 0 Å². The van der Waals surface area contributed by atoms with Gasteiger partial charge in [0, 0.05) is 13.5 Å². The zero-order chi connectivity index (χ0) is 14.2. The highest BCUT2D eigenvalue weighted by Gasteiger charge is 2.34. The van der Waals surface area contributed by atoms with E-state index >= 15 is 0 Å². The Labute approximate surface area is 110 Å². The monoisotopic (exact) mass is 261 g/mol. The second kappa shape index (κ2) is 8.45. The molecule has 0 aromatic carbocycles. The first-order chi connectivity index (χ1) is 8.35. The van der Waals surface area contributed by atoms with Crippen molar-refractivity contribution in [2.75, 3.05) is 20.3 Å². The van der Waals surface area contributed by atoms with Crippen molar-refractivity contribution in [1.29, 1.82) is 0 Å². The molecule has 0 saturated carbocycles. The predicted octanol–water partition coefficient (Wildman–Crippen LogP) is 1.66. The molecule has 2 N–H and O–H groups in total. The third kappa shape index (κ3) is 6.33. The topological polar surface area (TPSA) is 67.8 Å². The number of hydrogen-bond acceptors (Lipinski definition) is 4. The maximum atomic E-state index is 11.3. The molecule has 0 aliphatic heterocycles. The van der Waals surface area contributed by atoms with E-state index in [1.165, 1.54) is 0 Å². The molecule has 0 saturated heterocycles. The molecule has 0 spiro atoms. The van der Waals surface area contributed by atoms with Gasteiger partial charge in [-0.2, -0.15) is 0 Å². The maximum Gasteiger partial charge on any atom is 0.323 e. The van der Waals surface area contributed by atoms with Gasteiger partial charge in [0.15, 0.2) is 0 Å². The van der Waals surface area contributed by atoms with Gasteiger partial charge in [-0.05, 0) is 33.7 Å². The Kier molecular flexibility index (Phi) is 8.15. The molecule has 3 atom stereocenters. The van der Waals surface area contributed by atoms with E-state index < -0.39 is 11.5 Å². The quantitative estimate of drug-likeness (QED) is 0.626. The molecule has 0 aromatic rings. The number of carboxylic acids is 1. The minimum Gasteiger partial charge on any atom is -0.480 e. The fourth-order valence-corrected chi connectivity index (χ4v) is 1.93. The summed E-state index contributed by atoms with van der Waals surface area (Å²) >= 11 is 0. The molecule has 0 rings (SSSR count). The van der Waals surface area contributed by atoms with Gasteiger partial charge in [-0.15, -0.1) is 0 Å². The summed E-state index contributed by atoms with van der Waals surface area (Å²) in [5.74, 6) is -0.842. The minimum atomic E-state index is -0.942. The van der Waals surface area contributed by atoms with Crippen LogP contribution in [0.2, 0.25) is 0 Å². The van der Waals surface area contributed by atoms with E-state index in [-0.39, 0.29) is 12.2 Å². The van der Waals surface area contributed by atoms with E-state index in [1.54, 1.807) is 14.0 Å². The first kappa shape index (κ1) is 17.4. The van der Waals surface area contributed by atoms with Gasteiger partial charge < -0.3 is 19.9 Å². The number of nitrogens with one attached hydrogen (secondary N) is 1. The number of carbonyl (C=O) groups is 1. The second-order valence-corrected chi connectivity index (χ2v) is 4.98. The Morgan fingerprint density at radius 2 is 2.00 bits per heavy atom. The largest absolute Gasteiger partial charge is 0.480 e. The highest BCUT2D eigenvalue weighted by molar-refractivity contribution is 5.78. The smallest absolute Gasteiger partial charge is 0.323 e. The Balaban J connectivity index is 4.35. The van der Waals surface area contributed by atoms with Gasteiger partial charge >= 0.3 is 5.97 Å². The summed E-state index contributed by atoms with van der Waals surface area (Å²) < 4.78 is 10.7. The van der Waals surface area contributed by atoms with E-state index in [2.05, 4.69) is 5.32 Å². The van der Waals surface area contributed by atoms with Crippen molar-refractivity contribution >= 4 is 5.97 Å². The summed E-state index contributed by atoms with van der Waals surface area (Å²) in [6.45, 7) is 8.71. The van der Waals surface area contributed by atoms with Gasteiger partial charge in [0.05, 0.1) is 18.8 Å². The van der Waals surface area contributed by atoms with Crippen molar-refractivity contribution in [2.24, 2.45) is 0 Å². The zero-order valence-electron chi connectivity index (χ0n) is 12.2. The van der Waals surface area contributed by atoms with E-state index in [0.717, 1.165) is 6.42 Å². The van der Waals surface area contributed by atoms with Crippen LogP contribution in [0.5, 0.6) is 0 Å². The lowest BCUT2D eigenvalue weighted by Gasteiger charge is -2.30. The first-order valence-electron chi connectivity index (χ1n) is 6.48. The summed E-state index contributed by atoms with van der Waals surface area (Å²) in [6, 6.07) is 0. The second-order valence-electron chi connectivity index (χ2n) is 4.98. The summed E-state index contributed by atoms with van der Waals surface area (Å²) in [4.78, 5) is 11.3. The summed E-state index contributed by atoms with van der Waals surface area (Å²) in [7, 11) is 1.62. The lowest BCUT2D eigenvalue weighted by Crippen LogP contribution is -2.52. The van der Waals surface area contributed by atoms with Crippen molar-refractivity contribution in [3.63, 3.8) is 0 Å². The SMILES string of the molecule is CCCNC(C)(CC(C)OC(C)COC)C(=O)O. The Bertz CT molecular complexity index is 247. The van der Waals surface area contributed by atoms with E-state index in [0.29, 0.717) is 19.6 Å². The zero-order valence-corrected chi connectivity index (χ0v) is 12.2. The first-order valence-corrected chi connectivity index (χ1v) is 6.48. The van der Waals surface area contributed by atoms with Crippen molar-refractivity contribution < 1.29 is 19.4 Å². The lowest BCUT2D eigenvalue weighted by atomic mass is 9.94. The number of ether oxygens (including phenoxy) is 2.